The number of benzene rings is 1. The molecule has 2 aromatic rings. The van der Waals surface area contributed by atoms with E-state index in [1.165, 1.54) is 0 Å². The van der Waals surface area contributed by atoms with Crippen molar-refractivity contribution in [3.8, 4) is 11.4 Å². The molecular weight excluding hydrogens is 272 g/mol. The molecule has 0 spiro atoms. The van der Waals surface area contributed by atoms with Gasteiger partial charge in [-0.1, -0.05) is 37.6 Å². The van der Waals surface area contributed by atoms with E-state index in [1.807, 2.05) is 24.3 Å². The summed E-state index contributed by atoms with van der Waals surface area (Å²) in [5, 5.41) is 0.619. The second kappa shape index (κ2) is 4.67. The highest BCUT2D eigenvalue weighted by molar-refractivity contribution is 6.33. The summed E-state index contributed by atoms with van der Waals surface area (Å²) in [7, 11) is 0. The first-order valence-corrected chi connectivity index (χ1v) is 6.98. The molecule has 0 saturated carbocycles. The van der Waals surface area contributed by atoms with Gasteiger partial charge in [0.1, 0.15) is 0 Å². The Morgan fingerprint density at radius 1 is 1.15 bits per heavy atom. The van der Waals surface area contributed by atoms with Crippen LogP contribution in [0.1, 0.15) is 36.3 Å². The Labute approximate surface area is 123 Å². The fourth-order valence-electron chi connectivity index (χ4n) is 2.60. The highest BCUT2D eigenvalue weighted by Gasteiger charge is 2.32. The van der Waals surface area contributed by atoms with Crippen LogP contribution in [0.25, 0.3) is 11.4 Å². The smallest absolute Gasteiger partial charge is 0.166 e. The van der Waals surface area contributed by atoms with Crippen molar-refractivity contribution in [2.75, 3.05) is 0 Å². The third-order valence-electron chi connectivity index (χ3n) is 3.57. The van der Waals surface area contributed by atoms with E-state index in [9.17, 15) is 4.79 Å². The molecule has 0 bridgehead atoms. The first kappa shape index (κ1) is 13.3. The molecule has 4 heteroatoms. The first-order chi connectivity index (χ1) is 9.46. The van der Waals surface area contributed by atoms with Gasteiger partial charge >= 0.3 is 0 Å². The maximum Gasteiger partial charge on any atom is 0.166 e. The summed E-state index contributed by atoms with van der Waals surface area (Å²) >= 11 is 6.18. The normalized spacial score (nSPS) is 16.9. The Hall–Kier alpha value is -1.74. The molecule has 0 amide bonds. The molecule has 1 aliphatic rings. The summed E-state index contributed by atoms with van der Waals surface area (Å²) in [6.07, 6.45) is 2.97. The van der Waals surface area contributed by atoms with E-state index in [2.05, 4.69) is 23.8 Å². The van der Waals surface area contributed by atoms with Crippen LogP contribution in [0.3, 0.4) is 0 Å². The summed E-state index contributed by atoms with van der Waals surface area (Å²) in [6.45, 7) is 4.18. The lowest BCUT2D eigenvalue weighted by Crippen LogP contribution is -2.28. The minimum atomic E-state index is -0.0454. The van der Waals surface area contributed by atoms with Crippen LogP contribution in [0.2, 0.25) is 5.02 Å². The van der Waals surface area contributed by atoms with Gasteiger partial charge in [-0.3, -0.25) is 4.79 Å². The monoisotopic (exact) mass is 286 g/mol. The molecule has 0 radical (unpaired) electrons. The Balaban J connectivity index is 2.10. The molecule has 3 nitrogen and oxygen atoms in total. The highest BCUT2D eigenvalue weighted by atomic mass is 35.5. The molecule has 0 atom stereocenters. The summed E-state index contributed by atoms with van der Waals surface area (Å²) in [6, 6.07) is 7.48. The highest BCUT2D eigenvalue weighted by Crippen LogP contribution is 2.34. The second-order valence-corrected chi connectivity index (χ2v) is 6.38. The Bertz CT molecular complexity index is 695. The third-order valence-corrected chi connectivity index (χ3v) is 3.90. The number of halogens is 1. The largest absolute Gasteiger partial charge is 0.294 e. The number of aromatic nitrogens is 2. The number of carbonyl (C=O) groups excluding carboxylic acids is 1. The van der Waals surface area contributed by atoms with Crippen molar-refractivity contribution in [1.82, 2.24) is 9.97 Å². The number of nitrogens with zero attached hydrogens (tertiary/aromatic N) is 2. The molecule has 1 aromatic heterocycles. The summed E-state index contributed by atoms with van der Waals surface area (Å²) in [4.78, 5) is 21.0. The van der Waals surface area contributed by atoms with Crippen LogP contribution >= 0.6 is 11.6 Å². The van der Waals surface area contributed by atoms with Gasteiger partial charge < -0.3 is 0 Å². The zero-order valence-corrected chi connectivity index (χ0v) is 12.2. The number of hydrogen-bond donors (Lipinski definition) is 0. The van der Waals surface area contributed by atoms with Crippen LogP contribution in [0.4, 0.5) is 0 Å². The van der Waals surface area contributed by atoms with Crippen LogP contribution in [0.5, 0.6) is 0 Å². The number of Topliss-reactive ketones (excluding diaryl/α,β-unsaturated/α-hetero) is 1. The van der Waals surface area contributed by atoms with E-state index in [1.54, 1.807) is 6.20 Å². The molecule has 20 heavy (non-hydrogen) atoms. The van der Waals surface area contributed by atoms with Crippen LogP contribution in [0.15, 0.2) is 30.5 Å². The fourth-order valence-corrected chi connectivity index (χ4v) is 2.82. The van der Waals surface area contributed by atoms with Crippen molar-refractivity contribution in [2.24, 2.45) is 5.41 Å². The average molecular weight is 287 g/mol. The van der Waals surface area contributed by atoms with Crippen molar-refractivity contribution >= 4 is 17.4 Å². The fraction of sp³-hybridized carbons (Fsp3) is 0.312. The summed E-state index contributed by atoms with van der Waals surface area (Å²) < 4.78 is 0. The molecule has 0 saturated heterocycles. The molecule has 0 unspecified atom stereocenters. The average Bonchev–Trinajstić information content (AvgIpc) is 2.37. The van der Waals surface area contributed by atoms with E-state index in [0.717, 1.165) is 17.7 Å². The van der Waals surface area contributed by atoms with Crippen molar-refractivity contribution < 1.29 is 4.79 Å². The van der Waals surface area contributed by atoms with Gasteiger partial charge in [0.05, 0.1) is 16.3 Å². The van der Waals surface area contributed by atoms with Gasteiger partial charge in [0, 0.05) is 18.2 Å². The molecule has 0 N–H and O–H groups in total. The van der Waals surface area contributed by atoms with Gasteiger partial charge in [-0.25, -0.2) is 9.97 Å². The van der Waals surface area contributed by atoms with E-state index in [-0.39, 0.29) is 11.2 Å². The number of ketones is 1. The lowest BCUT2D eigenvalue weighted by atomic mass is 9.76. The van der Waals surface area contributed by atoms with Gasteiger partial charge in [-0.2, -0.15) is 0 Å². The van der Waals surface area contributed by atoms with Crippen molar-refractivity contribution in [3.63, 3.8) is 0 Å². The van der Waals surface area contributed by atoms with E-state index < -0.39 is 0 Å². The van der Waals surface area contributed by atoms with Crippen LogP contribution < -0.4 is 0 Å². The number of carbonyl (C=O) groups is 1. The quantitative estimate of drug-likeness (QED) is 0.797. The first-order valence-electron chi connectivity index (χ1n) is 6.60. The van der Waals surface area contributed by atoms with E-state index in [4.69, 9.17) is 11.6 Å². The van der Waals surface area contributed by atoms with Crippen molar-refractivity contribution in [3.05, 3.63) is 46.7 Å². The Kier molecular flexibility index (Phi) is 3.09. The van der Waals surface area contributed by atoms with Crippen molar-refractivity contribution in [1.29, 1.82) is 0 Å². The third kappa shape index (κ3) is 2.34. The van der Waals surface area contributed by atoms with Gasteiger partial charge in [-0.05, 0) is 24.0 Å². The topological polar surface area (TPSA) is 42.9 Å². The predicted molar refractivity (Wildman–Crippen MR) is 78.9 cm³/mol. The Morgan fingerprint density at radius 3 is 2.65 bits per heavy atom. The van der Waals surface area contributed by atoms with Crippen LogP contribution in [-0.4, -0.2) is 15.8 Å². The molecule has 0 aliphatic heterocycles. The van der Waals surface area contributed by atoms with E-state index >= 15 is 0 Å². The Morgan fingerprint density at radius 2 is 1.90 bits per heavy atom. The second-order valence-electron chi connectivity index (χ2n) is 5.97. The lowest BCUT2D eigenvalue weighted by molar-refractivity contribution is 0.0910. The van der Waals surface area contributed by atoms with Gasteiger partial charge in [0.15, 0.2) is 11.6 Å². The molecule has 1 aromatic carbocycles. The number of hydrogen-bond acceptors (Lipinski definition) is 3. The maximum atomic E-state index is 12.1. The molecule has 3 rings (SSSR count). The number of fused-ring (bicyclic) bond motifs is 1. The van der Waals surface area contributed by atoms with E-state index in [0.29, 0.717) is 22.8 Å². The van der Waals surface area contributed by atoms with Gasteiger partial charge in [0.25, 0.3) is 0 Å². The number of rotatable bonds is 1. The molecular formula is C16H15ClN2O. The molecule has 1 aliphatic carbocycles. The molecule has 102 valence electrons. The van der Waals surface area contributed by atoms with Crippen LogP contribution in [-0.2, 0) is 6.42 Å². The SMILES string of the molecule is CC1(C)CC(=O)c2cnc(-c3ccccc3Cl)nc2C1. The molecule has 0 fully saturated rings. The zero-order chi connectivity index (χ0) is 14.3. The lowest BCUT2D eigenvalue weighted by Gasteiger charge is -2.29. The maximum absolute atomic E-state index is 12.1. The minimum Gasteiger partial charge on any atom is -0.294 e. The van der Waals surface area contributed by atoms with Crippen LogP contribution in [0, 0.1) is 5.41 Å². The minimum absolute atomic E-state index is 0.0454. The zero-order valence-electron chi connectivity index (χ0n) is 11.5. The standard InChI is InChI=1S/C16H15ClN2O/c1-16(2)7-13-11(14(20)8-16)9-18-15(19-13)10-5-3-4-6-12(10)17/h3-6,9H,7-8H2,1-2H3. The summed E-state index contributed by atoms with van der Waals surface area (Å²) in [5.74, 6) is 0.710. The van der Waals surface area contributed by atoms with Gasteiger partial charge in [-0.15, -0.1) is 0 Å². The molecule has 1 heterocycles. The van der Waals surface area contributed by atoms with Crippen molar-refractivity contribution in [2.45, 2.75) is 26.7 Å². The predicted octanol–water partition coefficient (Wildman–Crippen LogP) is 3.95. The van der Waals surface area contributed by atoms with Gasteiger partial charge in [0.2, 0.25) is 0 Å². The summed E-state index contributed by atoms with van der Waals surface area (Å²) in [5.41, 5.74) is 2.24.